The van der Waals surface area contributed by atoms with Gasteiger partial charge < -0.3 is 4.90 Å². The molecule has 2 heterocycles. The Morgan fingerprint density at radius 1 is 1.25 bits per heavy atom. The number of aromatic nitrogens is 1. The van der Waals surface area contributed by atoms with Crippen molar-refractivity contribution in [2.45, 2.75) is 26.4 Å². The van der Waals surface area contributed by atoms with Gasteiger partial charge >= 0.3 is 6.18 Å². The lowest BCUT2D eigenvalue weighted by atomic mass is 9.91. The second-order valence-electron chi connectivity index (χ2n) is 5.59. The third-order valence-corrected chi connectivity index (χ3v) is 3.46. The highest BCUT2D eigenvalue weighted by atomic mass is 19.4. The van der Waals surface area contributed by atoms with Crippen LogP contribution in [0, 0.1) is 11.8 Å². The molecule has 1 aliphatic heterocycles. The van der Waals surface area contributed by atoms with Crippen LogP contribution in [0.3, 0.4) is 0 Å². The van der Waals surface area contributed by atoms with Crippen LogP contribution in [-0.4, -0.2) is 28.9 Å². The van der Waals surface area contributed by atoms with Crippen LogP contribution in [0.1, 0.15) is 36.3 Å². The van der Waals surface area contributed by atoms with Crippen molar-refractivity contribution in [2.75, 3.05) is 13.1 Å². The van der Waals surface area contributed by atoms with Gasteiger partial charge in [-0.25, -0.2) is 0 Å². The maximum atomic E-state index is 12.4. The zero-order valence-corrected chi connectivity index (χ0v) is 11.4. The zero-order chi connectivity index (χ0) is 14.9. The highest BCUT2D eigenvalue weighted by molar-refractivity contribution is 5.94. The Hall–Kier alpha value is -1.59. The number of amides is 1. The second kappa shape index (κ2) is 5.42. The summed E-state index contributed by atoms with van der Waals surface area (Å²) in [5.74, 6) is 0.569. The average molecular weight is 286 g/mol. The Labute approximate surface area is 115 Å². The van der Waals surface area contributed by atoms with E-state index < -0.39 is 11.9 Å². The Bertz CT molecular complexity index is 474. The van der Waals surface area contributed by atoms with Crippen molar-refractivity contribution in [1.29, 1.82) is 0 Å². The van der Waals surface area contributed by atoms with Crippen LogP contribution in [0.15, 0.2) is 18.3 Å². The van der Waals surface area contributed by atoms with Gasteiger partial charge in [-0.2, -0.15) is 13.2 Å². The van der Waals surface area contributed by atoms with Crippen molar-refractivity contribution >= 4 is 5.91 Å². The molecule has 0 N–H and O–H groups in total. The van der Waals surface area contributed by atoms with Crippen LogP contribution in [-0.2, 0) is 6.18 Å². The number of carbonyl (C=O) groups is 1. The molecule has 6 heteroatoms. The highest BCUT2D eigenvalue weighted by Gasteiger charge is 2.33. The van der Waals surface area contributed by atoms with E-state index in [2.05, 4.69) is 18.8 Å². The fourth-order valence-corrected chi connectivity index (χ4v) is 2.70. The molecular formula is C14H17F3N2O. The van der Waals surface area contributed by atoms with E-state index in [1.807, 2.05) is 0 Å². The van der Waals surface area contributed by atoms with Gasteiger partial charge in [0.1, 0.15) is 5.69 Å². The average Bonchev–Trinajstić information content (AvgIpc) is 2.36. The van der Waals surface area contributed by atoms with Gasteiger partial charge in [-0.3, -0.25) is 9.78 Å². The molecule has 110 valence electrons. The van der Waals surface area contributed by atoms with Gasteiger partial charge in [-0.05, 0) is 30.4 Å². The highest BCUT2D eigenvalue weighted by Crippen LogP contribution is 2.28. The largest absolute Gasteiger partial charge is 0.433 e. The number of piperidine rings is 1. The summed E-state index contributed by atoms with van der Waals surface area (Å²) in [5.41, 5.74) is -0.770. The van der Waals surface area contributed by atoms with Gasteiger partial charge in [-0.1, -0.05) is 13.8 Å². The van der Waals surface area contributed by atoms with E-state index in [1.165, 1.54) is 6.07 Å². The molecule has 1 aromatic heterocycles. The quantitative estimate of drug-likeness (QED) is 0.794. The topological polar surface area (TPSA) is 33.2 Å². The van der Waals surface area contributed by atoms with Crippen molar-refractivity contribution in [2.24, 2.45) is 11.8 Å². The molecule has 2 rings (SSSR count). The van der Waals surface area contributed by atoms with Crippen LogP contribution in [0.25, 0.3) is 0 Å². The van der Waals surface area contributed by atoms with Crippen molar-refractivity contribution in [3.05, 3.63) is 29.6 Å². The maximum Gasteiger partial charge on any atom is 0.433 e. The number of alkyl halides is 3. The molecule has 1 aromatic rings. The first kappa shape index (κ1) is 14.8. The molecule has 20 heavy (non-hydrogen) atoms. The summed E-state index contributed by atoms with van der Waals surface area (Å²) in [5, 5.41) is 0. The molecule has 1 fully saturated rings. The lowest BCUT2D eigenvalue weighted by Gasteiger charge is -2.35. The second-order valence-corrected chi connectivity index (χ2v) is 5.59. The molecule has 0 spiro atoms. The molecule has 0 saturated carbocycles. The molecule has 1 saturated heterocycles. The van der Waals surface area contributed by atoms with E-state index in [0.717, 1.165) is 18.7 Å². The Kier molecular flexibility index (Phi) is 4.01. The van der Waals surface area contributed by atoms with E-state index in [-0.39, 0.29) is 11.5 Å². The molecule has 1 aliphatic rings. The fourth-order valence-electron chi connectivity index (χ4n) is 2.70. The van der Waals surface area contributed by atoms with Crippen molar-refractivity contribution in [3.63, 3.8) is 0 Å². The lowest BCUT2D eigenvalue weighted by molar-refractivity contribution is -0.141. The Balaban J connectivity index is 2.13. The molecule has 3 nitrogen and oxygen atoms in total. The molecule has 2 atom stereocenters. The zero-order valence-electron chi connectivity index (χ0n) is 11.4. The molecular weight excluding hydrogens is 269 g/mol. The minimum Gasteiger partial charge on any atom is -0.338 e. The van der Waals surface area contributed by atoms with Gasteiger partial charge in [0.2, 0.25) is 0 Å². The predicted molar refractivity (Wildman–Crippen MR) is 68.1 cm³/mol. The van der Waals surface area contributed by atoms with E-state index in [1.54, 1.807) is 4.90 Å². The molecule has 0 aliphatic carbocycles. The van der Waals surface area contributed by atoms with E-state index in [9.17, 15) is 18.0 Å². The molecule has 2 unspecified atom stereocenters. The Morgan fingerprint density at radius 3 is 2.30 bits per heavy atom. The maximum absolute atomic E-state index is 12.4. The van der Waals surface area contributed by atoms with E-state index in [0.29, 0.717) is 24.9 Å². The number of halogens is 3. The number of rotatable bonds is 1. The van der Waals surface area contributed by atoms with Crippen molar-refractivity contribution in [1.82, 2.24) is 9.88 Å². The van der Waals surface area contributed by atoms with Crippen LogP contribution < -0.4 is 0 Å². The summed E-state index contributed by atoms with van der Waals surface area (Å²) in [6, 6.07) is 2.05. The molecule has 0 radical (unpaired) electrons. The molecule has 0 aromatic carbocycles. The number of likely N-dealkylation sites (tertiary alicyclic amines) is 1. The van der Waals surface area contributed by atoms with Gasteiger partial charge in [0.25, 0.3) is 5.91 Å². The molecule has 1 amide bonds. The standard InChI is InChI=1S/C14H17F3N2O/c1-9-5-10(2)8-19(7-9)13(20)11-3-4-12(18-6-11)14(15,16)17/h3-4,6,9-10H,5,7-8H2,1-2H3. The predicted octanol–water partition coefficient (Wildman–Crippen LogP) is 3.22. The van der Waals surface area contributed by atoms with Gasteiger partial charge in [0.05, 0.1) is 5.56 Å². The minimum atomic E-state index is -4.48. The number of nitrogens with zero attached hydrogens (tertiary/aromatic N) is 2. The van der Waals surface area contributed by atoms with Gasteiger partial charge in [0.15, 0.2) is 0 Å². The summed E-state index contributed by atoms with van der Waals surface area (Å²) in [4.78, 5) is 17.3. The third kappa shape index (κ3) is 3.29. The summed E-state index contributed by atoms with van der Waals surface area (Å²) in [6.07, 6.45) is -2.40. The van der Waals surface area contributed by atoms with Crippen molar-refractivity contribution in [3.8, 4) is 0 Å². The van der Waals surface area contributed by atoms with Gasteiger partial charge in [0, 0.05) is 19.3 Å². The van der Waals surface area contributed by atoms with Gasteiger partial charge in [-0.15, -0.1) is 0 Å². The smallest absolute Gasteiger partial charge is 0.338 e. The lowest BCUT2D eigenvalue weighted by Crippen LogP contribution is -2.42. The van der Waals surface area contributed by atoms with Crippen LogP contribution >= 0.6 is 0 Å². The van der Waals surface area contributed by atoms with Crippen LogP contribution in [0.5, 0.6) is 0 Å². The van der Waals surface area contributed by atoms with Crippen LogP contribution in [0.2, 0.25) is 0 Å². The monoisotopic (exact) mass is 286 g/mol. The number of carbonyl (C=O) groups excluding carboxylic acids is 1. The summed E-state index contributed by atoms with van der Waals surface area (Å²) >= 11 is 0. The first-order chi connectivity index (χ1) is 9.27. The van der Waals surface area contributed by atoms with Crippen molar-refractivity contribution < 1.29 is 18.0 Å². The normalized spacial score (nSPS) is 23.8. The van der Waals surface area contributed by atoms with E-state index in [4.69, 9.17) is 0 Å². The van der Waals surface area contributed by atoms with Crippen LogP contribution in [0.4, 0.5) is 13.2 Å². The number of hydrogen-bond acceptors (Lipinski definition) is 2. The first-order valence-corrected chi connectivity index (χ1v) is 6.60. The number of pyridine rings is 1. The Morgan fingerprint density at radius 2 is 1.85 bits per heavy atom. The summed E-state index contributed by atoms with van der Waals surface area (Å²) < 4.78 is 37.3. The summed E-state index contributed by atoms with van der Waals surface area (Å²) in [7, 11) is 0. The fraction of sp³-hybridized carbons (Fsp3) is 0.571. The minimum absolute atomic E-state index is 0.208. The number of hydrogen-bond donors (Lipinski definition) is 0. The molecule has 0 bridgehead atoms. The first-order valence-electron chi connectivity index (χ1n) is 6.60. The van der Waals surface area contributed by atoms with E-state index >= 15 is 0 Å². The third-order valence-electron chi connectivity index (χ3n) is 3.46. The summed E-state index contributed by atoms with van der Waals surface area (Å²) in [6.45, 7) is 5.43. The SMILES string of the molecule is CC1CC(C)CN(C(=O)c2ccc(C(F)(F)F)nc2)C1.